The third-order valence-electron chi connectivity index (χ3n) is 4.30. The maximum absolute atomic E-state index is 12.4. The van der Waals surface area contributed by atoms with E-state index >= 15 is 0 Å². The fourth-order valence-corrected chi connectivity index (χ4v) is 3.71. The monoisotopic (exact) mass is 356 g/mol. The second kappa shape index (κ2) is 6.03. The molecule has 128 valence electrons. The van der Waals surface area contributed by atoms with Gasteiger partial charge in [0.25, 0.3) is 11.8 Å². The molecule has 4 rings (SSSR count). The van der Waals surface area contributed by atoms with Crippen molar-refractivity contribution < 1.29 is 14.4 Å². The van der Waals surface area contributed by atoms with Gasteiger partial charge < -0.3 is 5.32 Å². The zero-order valence-electron chi connectivity index (χ0n) is 13.6. The van der Waals surface area contributed by atoms with Gasteiger partial charge in [-0.15, -0.1) is 10.2 Å². The van der Waals surface area contributed by atoms with Gasteiger partial charge in [0.05, 0.1) is 11.1 Å². The van der Waals surface area contributed by atoms with Crippen molar-refractivity contribution in [3.63, 3.8) is 0 Å². The van der Waals surface area contributed by atoms with Crippen LogP contribution in [0, 0.1) is 6.92 Å². The van der Waals surface area contributed by atoms with E-state index in [1.165, 1.54) is 11.3 Å². The van der Waals surface area contributed by atoms with Gasteiger partial charge in [-0.1, -0.05) is 23.0 Å². The largest absolute Gasteiger partial charge is 0.300 e. The summed E-state index contributed by atoms with van der Waals surface area (Å²) in [5, 5.41) is 12.1. The third kappa shape index (κ3) is 3.05. The molecule has 0 radical (unpaired) electrons. The van der Waals surface area contributed by atoms with Crippen LogP contribution in [0.1, 0.15) is 56.5 Å². The minimum atomic E-state index is -0.347. The molecule has 7 nitrogen and oxygen atoms in total. The van der Waals surface area contributed by atoms with Crippen LogP contribution in [-0.2, 0) is 4.79 Å². The predicted molar refractivity (Wildman–Crippen MR) is 91.7 cm³/mol. The van der Waals surface area contributed by atoms with Crippen molar-refractivity contribution in [2.45, 2.75) is 32.1 Å². The van der Waals surface area contributed by atoms with E-state index in [-0.39, 0.29) is 30.7 Å². The van der Waals surface area contributed by atoms with Crippen molar-refractivity contribution in [3.8, 4) is 0 Å². The number of anilines is 1. The van der Waals surface area contributed by atoms with Crippen molar-refractivity contribution in [2.24, 2.45) is 0 Å². The molecule has 2 aromatic rings. The first-order valence-electron chi connectivity index (χ1n) is 8.13. The molecular weight excluding hydrogens is 340 g/mol. The number of fused-ring (bicyclic) bond motifs is 1. The Kier molecular flexibility index (Phi) is 3.84. The SMILES string of the molecule is Cc1ccc2c(c1)C(=O)N(CCC(=O)Nc1nnc(C3CC3)s1)C2=O. The highest BCUT2D eigenvalue weighted by atomic mass is 32.1. The summed E-state index contributed by atoms with van der Waals surface area (Å²) >= 11 is 1.38. The number of carbonyl (C=O) groups excluding carboxylic acids is 3. The molecule has 0 unspecified atom stereocenters. The van der Waals surface area contributed by atoms with E-state index in [1.807, 2.05) is 6.92 Å². The molecule has 1 aromatic carbocycles. The third-order valence-corrected chi connectivity index (χ3v) is 5.30. The number of rotatable bonds is 5. The maximum atomic E-state index is 12.4. The molecule has 8 heteroatoms. The molecule has 1 fully saturated rings. The fraction of sp³-hybridized carbons (Fsp3) is 0.353. The van der Waals surface area contributed by atoms with Crippen LogP contribution in [0.5, 0.6) is 0 Å². The summed E-state index contributed by atoms with van der Waals surface area (Å²) in [6.07, 6.45) is 2.28. The summed E-state index contributed by atoms with van der Waals surface area (Å²) in [4.78, 5) is 37.9. The number of hydrogen-bond acceptors (Lipinski definition) is 6. The summed E-state index contributed by atoms with van der Waals surface area (Å²) < 4.78 is 0. The second-order valence-electron chi connectivity index (χ2n) is 6.33. The number of nitrogens with zero attached hydrogens (tertiary/aromatic N) is 3. The quantitative estimate of drug-likeness (QED) is 0.830. The van der Waals surface area contributed by atoms with E-state index in [1.54, 1.807) is 18.2 Å². The van der Waals surface area contributed by atoms with Gasteiger partial charge in [0.2, 0.25) is 11.0 Å². The molecule has 0 bridgehead atoms. The zero-order chi connectivity index (χ0) is 17.6. The standard InChI is InChI=1S/C17H16N4O3S/c1-9-2-5-11-12(8-9)16(24)21(15(11)23)7-6-13(22)18-17-20-19-14(25-17)10-3-4-10/h2,5,8,10H,3-4,6-7H2,1H3,(H,18,20,22). The second-order valence-corrected chi connectivity index (χ2v) is 7.34. The average molecular weight is 356 g/mol. The van der Waals surface area contributed by atoms with E-state index < -0.39 is 0 Å². The molecule has 0 atom stereocenters. The van der Waals surface area contributed by atoms with Gasteiger partial charge in [-0.2, -0.15) is 0 Å². The number of aromatic nitrogens is 2. The number of carbonyl (C=O) groups is 3. The van der Waals surface area contributed by atoms with Crippen molar-refractivity contribution >= 4 is 34.2 Å². The lowest BCUT2D eigenvalue weighted by molar-refractivity contribution is -0.116. The molecule has 3 amide bonds. The van der Waals surface area contributed by atoms with Gasteiger partial charge in [-0.05, 0) is 31.9 Å². The predicted octanol–water partition coefficient (Wildman–Crippen LogP) is 2.35. The first-order valence-corrected chi connectivity index (χ1v) is 8.94. The van der Waals surface area contributed by atoms with Gasteiger partial charge >= 0.3 is 0 Å². The number of hydrogen-bond donors (Lipinski definition) is 1. The Hall–Kier alpha value is -2.61. The number of aryl methyl sites for hydroxylation is 1. The van der Waals surface area contributed by atoms with Crippen molar-refractivity contribution in [1.82, 2.24) is 15.1 Å². The highest BCUT2D eigenvalue weighted by Crippen LogP contribution is 2.42. The highest BCUT2D eigenvalue weighted by Gasteiger charge is 2.35. The number of nitrogens with one attached hydrogen (secondary N) is 1. The number of imide groups is 1. The van der Waals surface area contributed by atoms with E-state index in [2.05, 4.69) is 15.5 Å². The lowest BCUT2D eigenvalue weighted by Gasteiger charge is -2.12. The van der Waals surface area contributed by atoms with E-state index in [9.17, 15) is 14.4 Å². The molecule has 1 saturated carbocycles. The van der Waals surface area contributed by atoms with Crippen molar-refractivity contribution in [2.75, 3.05) is 11.9 Å². The minimum Gasteiger partial charge on any atom is -0.300 e. The highest BCUT2D eigenvalue weighted by molar-refractivity contribution is 7.15. The molecular formula is C17H16N4O3S. The Labute approximate surface area is 148 Å². The summed E-state index contributed by atoms with van der Waals surface area (Å²) in [5.41, 5.74) is 1.72. The molecule has 25 heavy (non-hydrogen) atoms. The van der Waals surface area contributed by atoms with E-state index in [0.717, 1.165) is 28.3 Å². The molecule has 1 aliphatic carbocycles. The first kappa shape index (κ1) is 15.9. The van der Waals surface area contributed by atoms with Crippen LogP contribution in [-0.4, -0.2) is 39.4 Å². The molecule has 2 heterocycles. The molecule has 1 N–H and O–H groups in total. The van der Waals surface area contributed by atoms with Gasteiger partial charge in [-0.25, -0.2) is 0 Å². The summed E-state index contributed by atoms with van der Waals surface area (Å²) in [5.74, 6) is -0.487. The topological polar surface area (TPSA) is 92.3 Å². The van der Waals surface area contributed by atoms with Crippen molar-refractivity contribution in [3.05, 3.63) is 39.9 Å². The average Bonchev–Trinajstić information content (AvgIpc) is 3.29. The van der Waals surface area contributed by atoms with Gasteiger partial charge in [-0.3, -0.25) is 19.3 Å². The Bertz CT molecular complexity index is 888. The van der Waals surface area contributed by atoms with E-state index in [4.69, 9.17) is 0 Å². The Morgan fingerprint density at radius 1 is 1.24 bits per heavy atom. The van der Waals surface area contributed by atoms with Gasteiger partial charge in [0.15, 0.2) is 0 Å². The Morgan fingerprint density at radius 3 is 2.76 bits per heavy atom. The molecule has 1 aromatic heterocycles. The first-order chi connectivity index (χ1) is 12.0. The van der Waals surface area contributed by atoms with Crippen LogP contribution in [0.15, 0.2) is 18.2 Å². The summed E-state index contributed by atoms with van der Waals surface area (Å²) in [6, 6.07) is 5.16. The zero-order valence-corrected chi connectivity index (χ0v) is 14.4. The smallest absolute Gasteiger partial charge is 0.261 e. The van der Waals surface area contributed by atoms with Crippen LogP contribution >= 0.6 is 11.3 Å². The fourth-order valence-electron chi connectivity index (χ4n) is 2.78. The maximum Gasteiger partial charge on any atom is 0.261 e. The van der Waals surface area contributed by atoms with Gasteiger partial charge in [0.1, 0.15) is 5.01 Å². The van der Waals surface area contributed by atoms with Crippen LogP contribution in [0.25, 0.3) is 0 Å². The van der Waals surface area contributed by atoms with Crippen LogP contribution in [0.2, 0.25) is 0 Å². The number of benzene rings is 1. The lowest BCUT2D eigenvalue weighted by Crippen LogP contribution is -2.32. The van der Waals surface area contributed by atoms with Crippen LogP contribution < -0.4 is 5.32 Å². The Balaban J connectivity index is 1.37. The Morgan fingerprint density at radius 2 is 2.00 bits per heavy atom. The summed E-state index contributed by atoms with van der Waals surface area (Å²) in [7, 11) is 0. The lowest BCUT2D eigenvalue weighted by atomic mass is 10.1. The number of amides is 3. The molecule has 0 spiro atoms. The van der Waals surface area contributed by atoms with Gasteiger partial charge in [0, 0.05) is 18.9 Å². The van der Waals surface area contributed by atoms with E-state index in [0.29, 0.717) is 22.2 Å². The van der Waals surface area contributed by atoms with Crippen LogP contribution in [0.3, 0.4) is 0 Å². The van der Waals surface area contributed by atoms with Crippen LogP contribution in [0.4, 0.5) is 5.13 Å². The summed E-state index contributed by atoms with van der Waals surface area (Å²) in [6.45, 7) is 1.91. The normalized spacial score (nSPS) is 16.3. The molecule has 2 aliphatic rings. The minimum absolute atomic E-state index is 0.0305. The van der Waals surface area contributed by atoms with Crippen molar-refractivity contribution in [1.29, 1.82) is 0 Å². The molecule has 1 aliphatic heterocycles. The molecule has 0 saturated heterocycles.